The second-order valence-electron chi connectivity index (χ2n) is 29.0. The molecule has 0 fully saturated rings. The largest absolute Gasteiger partial charge is 0.310 e. The molecule has 2 aliphatic rings. The zero-order valence-corrected chi connectivity index (χ0v) is 57.2. The van der Waals surface area contributed by atoms with Gasteiger partial charge in [0.25, 0.3) is 6.71 Å². The Balaban J connectivity index is 1.03. The quantitative estimate of drug-likeness (QED) is 0.107. The van der Waals surface area contributed by atoms with Crippen LogP contribution in [0.15, 0.2) is 309 Å². The van der Waals surface area contributed by atoms with Crippen molar-refractivity contribution in [2.75, 3.05) is 9.80 Å². The highest BCUT2D eigenvalue weighted by Gasteiger charge is 2.46. The van der Waals surface area contributed by atoms with Gasteiger partial charge < -0.3 is 18.9 Å². The Hall–Kier alpha value is -12.7. The van der Waals surface area contributed by atoms with Crippen LogP contribution in [0, 0.1) is 17.9 Å². The minimum absolute atomic E-state index is 0.0871. The van der Waals surface area contributed by atoms with E-state index in [1.165, 1.54) is 32.7 Å². The number of aromatic nitrogens is 2. The molecule has 0 radical (unpaired) electrons. The lowest BCUT2D eigenvalue weighted by atomic mass is 9.33. The first-order chi connectivity index (χ1) is 49.3. The summed E-state index contributed by atoms with van der Waals surface area (Å²) in [7, 11) is 0. The predicted molar refractivity (Wildman–Crippen MR) is 425 cm³/mol. The number of fused-ring (bicyclic) bond motifs is 10. The number of hydrogen-bond donors (Lipinski definition) is 0. The molecule has 0 saturated carbocycles. The Morgan fingerprint density at radius 2 is 0.723 bits per heavy atom. The topological polar surface area (TPSA) is 44.5 Å². The van der Waals surface area contributed by atoms with Crippen molar-refractivity contribution in [1.82, 2.24) is 9.13 Å². The van der Waals surface area contributed by atoms with Crippen molar-refractivity contribution in [2.24, 2.45) is 0 Å². The summed E-state index contributed by atoms with van der Waals surface area (Å²) in [6.45, 7) is 22.1. The van der Waals surface area contributed by atoms with E-state index in [2.05, 4.69) is 357 Å². The van der Waals surface area contributed by atoms with Crippen molar-refractivity contribution in [2.45, 2.75) is 52.4 Å². The molecule has 14 aromatic carbocycles. The van der Waals surface area contributed by atoms with E-state index in [9.17, 15) is 5.26 Å². The number of anilines is 6. The minimum atomic E-state index is -0.341. The van der Waals surface area contributed by atoms with Crippen LogP contribution in [0.25, 0.3) is 115 Å². The first kappa shape index (κ1) is 60.7. The van der Waals surface area contributed by atoms with Crippen molar-refractivity contribution in [3.63, 3.8) is 0 Å². The van der Waals surface area contributed by atoms with Gasteiger partial charge in [-0.05, 0) is 138 Å². The fourth-order valence-corrected chi connectivity index (χ4v) is 16.3. The smallest absolute Gasteiger partial charge is 0.252 e. The summed E-state index contributed by atoms with van der Waals surface area (Å²) in [4.78, 5) is 9.45. The molecule has 2 aliphatic heterocycles. The molecule has 0 aliphatic carbocycles. The van der Waals surface area contributed by atoms with Gasteiger partial charge in [0, 0.05) is 77.9 Å². The summed E-state index contributed by atoms with van der Waals surface area (Å²) in [6.07, 6.45) is 0. The molecule has 101 heavy (non-hydrogen) atoms. The third-order valence-corrected chi connectivity index (χ3v) is 21.1. The lowest BCUT2D eigenvalue weighted by molar-refractivity contribution is 0.590. The van der Waals surface area contributed by atoms with E-state index in [-0.39, 0.29) is 17.5 Å². The predicted octanol–water partition coefficient (Wildman–Crippen LogP) is 23.3. The first-order valence-corrected chi connectivity index (χ1v) is 34.9. The van der Waals surface area contributed by atoms with Crippen LogP contribution in [0.4, 0.5) is 39.8 Å². The highest BCUT2D eigenvalue weighted by molar-refractivity contribution is 7.00. The molecule has 0 saturated heterocycles. The maximum absolute atomic E-state index is 11.3. The Morgan fingerprint density at radius 1 is 0.337 bits per heavy atom. The summed E-state index contributed by atoms with van der Waals surface area (Å²) < 4.78 is 4.88. The Bertz CT molecular complexity index is 5680. The average Bonchev–Trinajstić information content (AvgIpc) is 1.70. The van der Waals surface area contributed by atoms with Crippen LogP contribution >= 0.6 is 0 Å². The standard InChI is InChI=1S/C94H69BN6/c1-93(2,3)65-47-43-61(44-48-65)70-34-23-36-77(69-28-12-11-27-63(69)59-96)91(70)100-86-57-67(98-82-39-19-14-30-73(82)74-31-15-20-40-83(74)98)51-53-79(86)95-80-54-52-68(99-84-41-21-16-32-75(84)76-33-17-22-42-85(76)99)58-87(80)101(89-56-64(55-88(100)90(89)95)60-25-9-8-10-26-60)92-71(62-45-49-66(50-46-62)94(4,5)6)35-24-37-78(92)72-29-13-18-38-81(72)97-7/h8-58H,1-6H3. The molecule has 0 N–H and O–H groups in total. The number of hydrogen-bond acceptors (Lipinski definition) is 3. The molecule has 0 atom stereocenters. The van der Waals surface area contributed by atoms with Gasteiger partial charge in [0.15, 0.2) is 5.69 Å². The average molecular weight is 1290 g/mol. The van der Waals surface area contributed by atoms with Gasteiger partial charge in [0.05, 0.1) is 51.6 Å². The highest BCUT2D eigenvalue weighted by Crippen LogP contribution is 2.55. The minimum Gasteiger partial charge on any atom is -0.310 e. The number of para-hydroxylation sites is 7. The van der Waals surface area contributed by atoms with E-state index in [4.69, 9.17) is 6.57 Å². The van der Waals surface area contributed by atoms with Crippen LogP contribution in [-0.2, 0) is 10.8 Å². The third kappa shape index (κ3) is 9.75. The van der Waals surface area contributed by atoms with Crippen molar-refractivity contribution < 1.29 is 0 Å². The summed E-state index contributed by atoms with van der Waals surface area (Å²) in [6, 6.07) is 116. The molecule has 0 bridgehead atoms. The molecule has 0 spiro atoms. The second-order valence-corrected chi connectivity index (χ2v) is 29.0. The lowest BCUT2D eigenvalue weighted by Crippen LogP contribution is -2.61. The highest BCUT2D eigenvalue weighted by atomic mass is 15.2. The van der Waals surface area contributed by atoms with Crippen LogP contribution in [0.3, 0.4) is 0 Å². The van der Waals surface area contributed by atoms with E-state index < -0.39 is 0 Å². The third-order valence-electron chi connectivity index (χ3n) is 21.1. The van der Waals surface area contributed by atoms with Gasteiger partial charge >= 0.3 is 0 Å². The van der Waals surface area contributed by atoms with Gasteiger partial charge in [0.1, 0.15) is 0 Å². The van der Waals surface area contributed by atoms with Crippen LogP contribution in [-0.4, -0.2) is 15.8 Å². The Morgan fingerprint density at radius 3 is 1.17 bits per heavy atom. The zero-order valence-electron chi connectivity index (χ0n) is 57.2. The SMILES string of the molecule is [C-]#[N+]c1ccccc1-c1cccc(-c2ccc(C(C)(C)C)cc2)c1N1c2cc(-n3c4ccccc4c4ccccc43)ccc2B2c3ccc(-n4c5ccccc5c5ccccc54)cc3N(c3c(-c4ccc(C(C)(C)C)cc4)cccc3-c3ccccc3C#N)c3cc(-c4ccccc4)cc1c32. The van der Waals surface area contributed by atoms with Gasteiger partial charge in [-0.25, -0.2) is 4.85 Å². The molecule has 6 nitrogen and oxygen atoms in total. The van der Waals surface area contributed by atoms with Crippen LogP contribution in [0.1, 0.15) is 58.2 Å². The maximum Gasteiger partial charge on any atom is 0.252 e. The van der Waals surface area contributed by atoms with Crippen molar-refractivity contribution in [3.8, 4) is 73.1 Å². The van der Waals surface area contributed by atoms with Crippen LogP contribution in [0.2, 0.25) is 0 Å². The van der Waals surface area contributed by atoms with E-state index >= 15 is 0 Å². The summed E-state index contributed by atoms with van der Waals surface area (Å²) in [5.74, 6) is 0. The Labute approximate surface area is 590 Å². The van der Waals surface area contributed by atoms with Crippen molar-refractivity contribution in [3.05, 3.63) is 337 Å². The maximum atomic E-state index is 11.3. The van der Waals surface area contributed by atoms with Crippen molar-refractivity contribution >= 4 is 107 Å². The van der Waals surface area contributed by atoms with Crippen LogP contribution in [0.5, 0.6) is 0 Å². The molecule has 18 rings (SSSR count). The lowest BCUT2D eigenvalue weighted by Gasteiger charge is -2.46. The number of nitrogens with zero attached hydrogens (tertiary/aromatic N) is 6. The molecular formula is C94H69BN6. The first-order valence-electron chi connectivity index (χ1n) is 34.9. The molecule has 2 aromatic heterocycles. The number of benzene rings is 14. The monoisotopic (exact) mass is 1290 g/mol. The summed E-state index contributed by atoms with van der Waals surface area (Å²) >= 11 is 0. The normalized spacial score (nSPS) is 12.6. The van der Waals surface area contributed by atoms with Gasteiger partial charge in [0.2, 0.25) is 0 Å². The van der Waals surface area contributed by atoms with Crippen LogP contribution < -0.4 is 26.2 Å². The summed E-state index contributed by atoms with van der Waals surface area (Å²) in [5, 5.41) is 16.0. The number of rotatable bonds is 9. The molecule has 0 amide bonds. The van der Waals surface area contributed by atoms with Gasteiger partial charge in [-0.3, -0.25) is 0 Å². The Kier molecular flexibility index (Phi) is 14.1. The van der Waals surface area contributed by atoms with Gasteiger partial charge in [-0.1, -0.05) is 284 Å². The molecular weight excluding hydrogens is 1220 g/mol. The fourth-order valence-electron chi connectivity index (χ4n) is 16.3. The summed E-state index contributed by atoms with van der Waals surface area (Å²) in [5.41, 5.74) is 29.1. The van der Waals surface area contributed by atoms with E-state index in [1.807, 2.05) is 24.3 Å². The molecule has 7 heteroatoms. The van der Waals surface area contributed by atoms with E-state index in [0.717, 1.165) is 140 Å². The zero-order chi connectivity index (χ0) is 68.4. The molecule has 16 aromatic rings. The molecule has 0 unspecified atom stereocenters. The molecule has 478 valence electrons. The van der Waals surface area contributed by atoms with Crippen molar-refractivity contribution in [1.29, 1.82) is 5.26 Å². The number of nitriles is 1. The van der Waals surface area contributed by atoms with Gasteiger partial charge in [-0.15, -0.1) is 0 Å². The molecule has 4 heterocycles. The fraction of sp³-hybridized carbons (Fsp3) is 0.0851. The van der Waals surface area contributed by atoms with Gasteiger partial charge in [-0.2, -0.15) is 5.26 Å². The van der Waals surface area contributed by atoms with E-state index in [0.29, 0.717) is 11.3 Å². The second kappa shape index (κ2) is 23.5. The van der Waals surface area contributed by atoms with E-state index in [1.54, 1.807) is 0 Å².